The zero-order valence-corrected chi connectivity index (χ0v) is 14.5. The van der Waals surface area contributed by atoms with Crippen molar-refractivity contribution >= 4 is 29.1 Å². The number of carbonyl (C=O) groups excluding carboxylic acids is 2. The third-order valence-electron chi connectivity index (χ3n) is 4.67. The number of anilines is 1. The summed E-state index contributed by atoms with van der Waals surface area (Å²) in [7, 11) is 0. The molecule has 1 aliphatic carbocycles. The first-order chi connectivity index (χ1) is 11.6. The van der Waals surface area contributed by atoms with Crippen LogP contribution in [0.15, 0.2) is 24.3 Å². The van der Waals surface area contributed by atoms with Crippen molar-refractivity contribution in [3.05, 3.63) is 29.3 Å². The summed E-state index contributed by atoms with van der Waals surface area (Å²) < 4.78 is 0. The molecular formula is C18H24ClN3O2. The lowest BCUT2D eigenvalue weighted by Gasteiger charge is -2.32. The molecule has 0 unspecified atom stereocenters. The molecule has 0 atom stereocenters. The Balaban J connectivity index is 1.33. The molecule has 1 saturated heterocycles. The van der Waals surface area contributed by atoms with Crippen molar-refractivity contribution < 1.29 is 9.59 Å². The summed E-state index contributed by atoms with van der Waals surface area (Å²) in [4.78, 5) is 26.1. The Morgan fingerprint density at radius 1 is 1.08 bits per heavy atom. The number of nitrogens with one attached hydrogen (secondary N) is 2. The SMILES string of the molecule is O=C(CCN1CCC(NC(=O)C2CC2)CC1)Nc1ccc(Cl)cc1. The highest BCUT2D eigenvalue weighted by Crippen LogP contribution is 2.29. The van der Waals surface area contributed by atoms with Crippen LogP contribution in [0.25, 0.3) is 0 Å². The Kier molecular flexibility index (Phi) is 5.74. The number of hydrogen-bond donors (Lipinski definition) is 2. The van der Waals surface area contributed by atoms with Crippen LogP contribution < -0.4 is 10.6 Å². The van der Waals surface area contributed by atoms with E-state index in [-0.39, 0.29) is 17.7 Å². The van der Waals surface area contributed by atoms with Crippen LogP contribution in [0.5, 0.6) is 0 Å². The molecule has 2 N–H and O–H groups in total. The van der Waals surface area contributed by atoms with Crippen LogP contribution in [-0.4, -0.2) is 42.4 Å². The Hall–Kier alpha value is -1.59. The number of hydrogen-bond acceptors (Lipinski definition) is 3. The molecule has 0 bridgehead atoms. The fraction of sp³-hybridized carbons (Fsp3) is 0.556. The molecule has 2 fully saturated rings. The molecule has 1 aliphatic heterocycles. The zero-order chi connectivity index (χ0) is 16.9. The predicted molar refractivity (Wildman–Crippen MR) is 95.0 cm³/mol. The quantitative estimate of drug-likeness (QED) is 0.830. The van der Waals surface area contributed by atoms with Gasteiger partial charge in [-0.15, -0.1) is 0 Å². The van der Waals surface area contributed by atoms with Gasteiger partial charge in [-0.05, 0) is 49.9 Å². The fourth-order valence-electron chi connectivity index (χ4n) is 2.98. The van der Waals surface area contributed by atoms with Gasteiger partial charge in [-0.2, -0.15) is 0 Å². The fourth-order valence-corrected chi connectivity index (χ4v) is 3.11. The Morgan fingerprint density at radius 3 is 2.38 bits per heavy atom. The van der Waals surface area contributed by atoms with Crippen LogP contribution in [0.3, 0.4) is 0 Å². The van der Waals surface area contributed by atoms with E-state index in [0.29, 0.717) is 17.5 Å². The van der Waals surface area contributed by atoms with Gasteiger partial charge in [0, 0.05) is 48.7 Å². The molecule has 1 aromatic rings. The minimum absolute atomic E-state index is 0.0153. The van der Waals surface area contributed by atoms with Crippen molar-refractivity contribution in [2.24, 2.45) is 5.92 Å². The van der Waals surface area contributed by atoms with Gasteiger partial charge in [0.2, 0.25) is 11.8 Å². The summed E-state index contributed by atoms with van der Waals surface area (Å²) >= 11 is 5.83. The van der Waals surface area contributed by atoms with Crippen LogP contribution in [0, 0.1) is 5.92 Å². The number of carbonyl (C=O) groups is 2. The number of amides is 2. The molecule has 6 heteroatoms. The minimum Gasteiger partial charge on any atom is -0.353 e. The van der Waals surface area contributed by atoms with Crippen LogP contribution in [-0.2, 0) is 9.59 Å². The molecule has 130 valence electrons. The summed E-state index contributed by atoms with van der Waals surface area (Å²) in [6.45, 7) is 2.62. The van der Waals surface area contributed by atoms with Crippen molar-refractivity contribution in [1.82, 2.24) is 10.2 Å². The highest BCUT2D eigenvalue weighted by Gasteiger charge is 2.31. The van der Waals surface area contributed by atoms with Crippen LogP contribution in [0.1, 0.15) is 32.1 Å². The smallest absolute Gasteiger partial charge is 0.225 e. The first-order valence-corrected chi connectivity index (χ1v) is 9.06. The molecule has 2 amide bonds. The van der Waals surface area contributed by atoms with E-state index >= 15 is 0 Å². The average Bonchev–Trinajstić information content (AvgIpc) is 3.41. The molecule has 1 saturated carbocycles. The normalized spacial score (nSPS) is 19.0. The average molecular weight is 350 g/mol. The molecule has 3 rings (SSSR count). The lowest BCUT2D eigenvalue weighted by Crippen LogP contribution is -2.45. The van der Waals surface area contributed by atoms with Crippen LogP contribution in [0.4, 0.5) is 5.69 Å². The molecule has 0 spiro atoms. The second kappa shape index (κ2) is 7.99. The molecule has 2 aliphatic rings. The van der Waals surface area contributed by atoms with E-state index < -0.39 is 0 Å². The maximum absolute atomic E-state index is 12.0. The lowest BCUT2D eigenvalue weighted by molar-refractivity contribution is -0.123. The van der Waals surface area contributed by atoms with E-state index in [2.05, 4.69) is 15.5 Å². The van der Waals surface area contributed by atoms with Gasteiger partial charge < -0.3 is 15.5 Å². The van der Waals surface area contributed by atoms with Crippen molar-refractivity contribution in [1.29, 1.82) is 0 Å². The van der Waals surface area contributed by atoms with Gasteiger partial charge in [-0.25, -0.2) is 0 Å². The number of halogens is 1. The van der Waals surface area contributed by atoms with Gasteiger partial charge in [0.15, 0.2) is 0 Å². The monoisotopic (exact) mass is 349 g/mol. The van der Waals surface area contributed by atoms with Crippen molar-refractivity contribution in [3.8, 4) is 0 Å². The van der Waals surface area contributed by atoms with Crippen molar-refractivity contribution in [3.63, 3.8) is 0 Å². The molecule has 1 heterocycles. The number of piperidine rings is 1. The Labute approximate surface area is 147 Å². The molecule has 24 heavy (non-hydrogen) atoms. The summed E-state index contributed by atoms with van der Waals surface area (Å²) in [6.07, 6.45) is 4.51. The van der Waals surface area contributed by atoms with Gasteiger partial charge >= 0.3 is 0 Å². The first-order valence-electron chi connectivity index (χ1n) is 8.68. The Bertz CT molecular complexity index is 578. The summed E-state index contributed by atoms with van der Waals surface area (Å²) in [5, 5.41) is 6.69. The second-order valence-corrected chi connectivity index (χ2v) is 7.14. The third kappa shape index (κ3) is 5.21. The predicted octanol–water partition coefficient (Wildman–Crippen LogP) is 2.66. The lowest BCUT2D eigenvalue weighted by atomic mass is 10.0. The second-order valence-electron chi connectivity index (χ2n) is 6.70. The molecule has 0 aromatic heterocycles. The standard InChI is InChI=1S/C18H24ClN3O2/c19-14-3-5-15(6-4-14)20-17(23)9-12-22-10-7-16(8-11-22)21-18(24)13-1-2-13/h3-6,13,16H,1-2,7-12H2,(H,20,23)(H,21,24). The van der Waals surface area contributed by atoms with E-state index in [1.807, 2.05) is 0 Å². The van der Waals surface area contributed by atoms with Crippen molar-refractivity contribution in [2.45, 2.75) is 38.1 Å². The molecule has 5 nitrogen and oxygen atoms in total. The molecular weight excluding hydrogens is 326 g/mol. The number of nitrogens with zero attached hydrogens (tertiary/aromatic N) is 1. The third-order valence-corrected chi connectivity index (χ3v) is 4.92. The largest absolute Gasteiger partial charge is 0.353 e. The Morgan fingerprint density at radius 2 is 1.75 bits per heavy atom. The van der Waals surface area contributed by atoms with E-state index in [4.69, 9.17) is 11.6 Å². The van der Waals surface area contributed by atoms with E-state index in [1.54, 1.807) is 24.3 Å². The summed E-state index contributed by atoms with van der Waals surface area (Å²) in [5.41, 5.74) is 0.769. The first kappa shape index (κ1) is 17.2. The summed E-state index contributed by atoms with van der Waals surface area (Å²) in [6, 6.07) is 7.43. The highest BCUT2D eigenvalue weighted by atomic mass is 35.5. The summed E-state index contributed by atoms with van der Waals surface area (Å²) in [5.74, 6) is 0.525. The van der Waals surface area contributed by atoms with Crippen LogP contribution in [0.2, 0.25) is 5.02 Å². The van der Waals surface area contributed by atoms with Crippen molar-refractivity contribution in [2.75, 3.05) is 25.0 Å². The van der Waals surface area contributed by atoms with Gasteiger partial charge in [0.1, 0.15) is 0 Å². The van der Waals surface area contributed by atoms with Gasteiger partial charge in [0.05, 0.1) is 0 Å². The van der Waals surface area contributed by atoms with Crippen LogP contribution >= 0.6 is 11.6 Å². The molecule has 1 aromatic carbocycles. The van der Waals surface area contributed by atoms with E-state index in [0.717, 1.165) is 51.0 Å². The van der Waals surface area contributed by atoms with Gasteiger partial charge in [0.25, 0.3) is 0 Å². The zero-order valence-electron chi connectivity index (χ0n) is 13.8. The topological polar surface area (TPSA) is 61.4 Å². The number of rotatable bonds is 6. The van der Waals surface area contributed by atoms with Gasteiger partial charge in [-0.1, -0.05) is 11.6 Å². The minimum atomic E-state index is 0.0153. The van der Waals surface area contributed by atoms with E-state index in [9.17, 15) is 9.59 Å². The van der Waals surface area contributed by atoms with Gasteiger partial charge in [-0.3, -0.25) is 9.59 Å². The molecule has 0 radical (unpaired) electrons. The number of benzene rings is 1. The maximum Gasteiger partial charge on any atom is 0.225 e. The van der Waals surface area contributed by atoms with E-state index in [1.165, 1.54) is 0 Å². The maximum atomic E-state index is 12.0. The highest BCUT2D eigenvalue weighted by molar-refractivity contribution is 6.30. The number of likely N-dealkylation sites (tertiary alicyclic amines) is 1.